The molecule has 9 heteroatoms. The topological polar surface area (TPSA) is 94.3 Å². The molecular weight excluding hydrogens is 385 g/mol. The number of rotatable bonds is 5. The van der Waals surface area contributed by atoms with E-state index in [1.807, 2.05) is 24.3 Å². The summed E-state index contributed by atoms with van der Waals surface area (Å²) in [7, 11) is 0. The van der Waals surface area contributed by atoms with Crippen molar-refractivity contribution in [1.29, 1.82) is 0 Å². The SMILES string of the molecule is O=C(C[C@H]1Sc2ccccc2NC1=O)OCc1nc(-c2ccc(F)cc2)no1. The zero-order valence-corrected chi connectivity index (χ0v) is 15.2. The Balaban J connectivity index is 1.33. The smallest absolute Gasteiger partial charge is 0.307 e. The molecule has 142 valence electrons. The number of halogens is 1. The highest BCUT2D eigenvalue weighted by Crippen LogP contribution is 2.36. The van der Waals surface area contributed by atoms with Gasteiger partial charge >= 0.3 is 5.97 Å². The summed E-state index contributed by atoms with van der Waals surface area (Å²) in [6.07, 6.45) is -0.0796. The van der Waals surface area contributed by atoms with Crippen LogP contribution in [0.25, 0.3) is 11.4 Å². The van der Waals surface area contributed by atoms with Crippen molar-refractivity contribution in [3.63, 3.8) is 0 Å². The Kier molecular flexibility index (Phi) is 5.07. The fraction of sp³-hybridized carbons (Fsp3) is 0.158. The molecule has 7 nitrogen and oxygen atoms in total. The Hall–Kier alpha value is -3.20. The second kappa shape index (κ2) is 7.81. The number of carbonyl (C=O) groups is 2. The van der Waals surface area contributed by atoms with Crippen LogP contribution in [0.15, 0.2) is 57.9 Å². The number of benzene rings is 2. The van der Waals surface area contributed by atoms with Crippen LogP contribution in [0.1, 0.15) is 12.3 Å². The Morgan fingerprint density at radius 1 is 1.21 bits per heavy atom. The Labute approximate surface area is 163 Å². The number of ether oxygens (including phenoxy) is 1. The Morgan fingerprint density at radius 3 is 2.82 bits per heavy atom. The van der Waals surface area contributed by atoms with E-state index in [2.05, 4.69) is 15.5 Å². The van der Waals surface area contributed by atoms with Gasteiger partial charge in [0.2, 0.25) is 11.7 Å². The summed E-state index contributed by atoms with van der Waals surface area (Å²) in [6.45, 7) is -0.206. The van der Waals surface area contributed by atoms with Gasteiger partial charge < -0.3 is 14.6 Å². The van der Waals surface area contributed by atoms with Crippen LogP contribution in [0.5, 0.6) is 0 Å². The van der Waals surface area contributed by atoms with Crippen LogP contribution in [0.3, 0.4) is 0 Å². The zero-order valence-electron chi connectivity index (χ0n) is 14.4. The minimum atomic E-state index is -0.570. The summed E-state index contributed by atoms with van der Waals surface area (Å²) in [6, 6.07) is 13.0. The minimum absolute atomic E-state index is 0.0796. The number of nitrogens with zero attached hydrogens (tertiary/aromatic N) is 2. The predicted octanol–water partition coefficient (Wildman–Crippen LogP) is 3.42. The number of nitrogens with one attached hydrogen (secondary N) is 1. The second-order valence-corrected chi connectivity index (χ2v) is 7.22. The second-order valence-electron chi connectivity index (χ2n) is 5.98. The highest BCUT2D eigenvalue weighted by atomic mass is 32.2. The number of aromatic nitrogens is 2. The molecule has 1 amide bonds. The minimum Gasteiger partial charge on any atom is -0.456 e. The lowest BCUT2D eigenvalue weighted by molar-refractivity contribution is -0.146. The fourth-order valence-corrected chi connectivity index (χ4v) is 3.70. The van der Waals surface area contributed by atoms with Crippen LogP contribution in [0, 0.1) is 5.82 Å². The van der Waals surface area contributed by atoms with Crippen molar-refractivity contribution in [3.05, 3.63) is 60.2 Å². The van der Waals surface area contributed by atoms with E-state index in [4.69, 9.17) is 9.26 Å². The Morgan fingerprint density at radius 2 is 2.00 bits per heavy atom. The van der Waals surface area contributed by atoms with Crippen LogP contribution in [-0.2, 0) is 20.9 Å². The maximum absolute atomic E-state index is 13.0. The van der Waals surface area contributed by atoms with Gasteiger partial charge in [-0.05, 0) is 36.4 Å². The van der Waals surface area contributed by atoms with E-state index in [-0.39, 0.29) is 36.5 Å². The van der Waals surface area contributed by atoms with E-state index in [0.29, 0.717) is 5.56 Å². The number of anilines is 1. The average Bonchev–Trinajstić information content (AvgIpc) is 3.16. The summed E-state index contributed by atoms with van der Waals surface area (Å²) in [5.74, 6) is -0.775. The number of amides is 1. The summed E-state index contributed by atoms with van der Waals surface area (Å²) in [5, 5.41) is 5.99. The summed E-state index contributed by atoms with van der Waals surface area (Å²) < 4.78 is 23.2. The molecule has 2 aromatic carbocycles. The van der Waals surface area contributed by atoms with Crippen LogP contribution in [0.2, 0.25) is 0 Å². The lowest BCUT2D eigenvalue weighted by atomic mass is 10.2. The number of thioether (sulfide) groups is 1. The van der Waals surface area contributed by atoms with Crippen molar-refractivity contribution < 1.29 is 23.2 Å². The first-order valence-electron chi connectivity index (χ1n) is 8.39. The molecule has 0 radical (unpaired) electrons. The molecular formula is C19H14FN3O4S. The number of fused-ring (bicyclic) bond motifs is 1. The average molecular weight is 399 g/mol. The van der Waals surface area contributed by atoms with Crippen LogP contribution >= 0.6 is 11.8 Å². The highest BCUT2D eigenvalue weighted by molar-refractivity contribution is 8.01. The molecule has 0 fully saturated rings. The maximum Gasteiger partial charge on any atom is 0.307 e. The van der Waals surface area contributed by atoms with E-state index >= 15 is 0 Å². The molecule has 0 bridgehead atoms. The quantitative estimate of drug-likeness (QED) is 0.657. The highest BCUT2D eigenvalue weighted by Gasteiger charge is 2.29. The van der Waals surface area contributed by atoms with E-state index in [0.717, 1.165) is 10.6 Å². The van der Waals surface area contributed by atoms with Gasteiger partial charge in [-0.15, -0.1) is 11.8 Å². The lowest BCUT2D eigenvalue weighted by Gasteiger charge is -2.23. The van der Waals surface area contributed by atoms with Crippen molar-refractivity contribution in [3.8, 4) is 11.4 Å². The fourth-order valence-electron chi connectivity index (χ4n) is 2.61. The molecule has 2 heterocycles. The molecule has 0 unspecified atom stereocenters. The number of hydrogen-bond donors (Lipinski definition) is 1. The largest absolute Gasteiger partial charge is 0.456 e. The number of hydrogen-bond acceptors (Lipinski definition) is 7. The molecule has 3 aromatic rings. The molecule has 1 aliphatic heterocycles. The lowest BCUT2D eigenvalue weighted by Crippen LogP contribution is -2.31. The summed E-state index contributed by atoms with van der Waals surface area (Å²) in [5.41, 5.74) is 1.32. The number of para-hydroxylation sites is 1. The summed E-state index contributed by atoms with van der Waals surface area (Å²) in [4.78, 5) is 29.3. The normalized spacial score (nSPS) is 15.6. The molecule has 1 atom stereocenters. The first-order chi connectivity index (χ1) is 13.6. The van der Waals surface area contributed by atoms with Gasteiger partial charge in [0.1, 0.15) is 5.82 Å². The summed E-state index contributed by atoms with van der Waals surface area (Å²) >= 11 is 1.32. The van der Waals surface area contributed by atoms with Crippen molar-refractivity contribution >= 4 is 29.3 Å². The van der Waals surface area contributed by atoms with Gasteiger partial charge in [-0.3, -0.25) is 9.59 Å². The van der Waals surface area contributed by atoms with Crippen molar-refractivity contribution in [1.82, 2.24) is 10.1 Å². The van der Waals surface area contributed by atoms with Gasteiger partial charge in [-0.1, -0.05) is 17.3 Å². The molecule has 0 spiro atoms. The van der Waals surface area contributed by atoms with Gasteiger partial charge in [0, 0.05) is 10.5 Å². The monoisotopic (exact) mass is 399 g/mol. The number of esters is 1. The maximum atomic E-state index is 13.0. The molecule has 0 aliphatic carbocycles. The molecule has 4 rings (SSSR count). The molecule has 0 saturated heterocycles. The van der Waals surface area contributed by atoms with E-state index < -0.39 is 11.2 Å². The number of carbonyl (C=O) groups excluding carboxylic acids is 2. The first-order valence-corrected chi connectivity index (χ1v) is 9.27. The predicted molar refractivity (Wildman–Crippen MR) is 98.8 cm³/mol. The molecule has 1 N–H and O–H groups in total. The van der Waals surface area contributed by atoms with Gasteiger partial charge in [0.05, 0.1) is 17.4 Å². The van der Waals surface area contributed by atoms with E-state index in [1.54, 1.807) is 0 Å². The van der Waals surface area contributed by atoms with E-state index in [9.17, 15) is 14.0 Å². The van der Waals surface area contributed by atoms with Crippen molar-refractivity contribution in [2.24, 2.45) is 0 Å². The standard InChI is InChI=1S/C19H14FN3O4S/c20-12-7-5-11(6-8-12)18-22-16(27-23-18)10-26-17(24)9-15-19(25)21-13-3-1-2-4-14(13)28-15/h1-8,15H,9-10H2,(H,21,25)/t15-/m1/s1. The van der Waals surface area contributed by atoms with Crippen LogP contribution in [-0.4, -0.2) is 27.3 Å². The molecule has 28 heavy (non-hydrogen) atoms. The van der Waals surface area contributed by atoms with Crippen LogP contribution < -0.4 is 5.32 Å². The van der Waals surface area contributed by atoms with Crippen LogP contribution in [0.4, 0.5) is 10.1 Å². The van der Waals surface area contributed by atoms with Crippen molar-refractivity contribution in [2.75, 3.05) is 5.32 Å². The van der Waals surface area contributed by atoms with Gasteiger partial charge in [0.15, 0.2) is 6.61 Å². The van der Waals surface area contributed by atoms with Crippen molar-refractivity contribution in [2.45, 2.75) is 23.2 Å². The third kappa shape index (κ3) is 4.04. The Bertz CT molecular complexity index is 1020. The van der Waals surface area contributed by atoms with Gasteiger partial charge in [0.25, 0.3) is 5.89 Å². The third-order valence-corrected chi connectivity index (χ3v) is 5.26. The zero-order chi connectivity index (χ0) is 19.5. The molecule has 1 aromatic heterocycles. The third-order valence-electron chi connectivity index (χ3n) is 3.99. The van der Waals surface area contributed by atoms with Gasteiger partial charge in [-0.25, -0.2) is 4.39 Å². The van der Waals surface area contributed by atoms with E-state index in [1.165, 1.54) is 36.0 Å². The first kappa shape index (κ1) is 18.2. The molecule has 0 saturated carbocycles. The molecule has 1 aliphatic rings. The van der Waals surface area contributed by atoms with Gasteiger partial charge in [-0.2, -0.15) is 4.98 Å².